The highest BCUT2D eigenvalue weighted by Gasteiger charge is 2.40. The van der Waals surface area contributed by atoms with E-state index in [1.54, 1.807) is 0 Å². The van der Waals surface area contributed by atoms with Gasteiger partial charge in [0.1, 0.15) is 10.5 Å². The van der Waals surface area contributed by atoms with E-state index in [0.29, 0.717) is 0 Å². The second-order valence-corrected chi connectivity index (χ2v) is 29.3. The molecule has 0 rings (SSSR count). The maximum atomic E-state index is 6.58. The monoisotopic (exact) mass is 584 g/mol. The lowest BCUT2D eigenvalue weighted by Crippen LogP contribution is -2.54. The Balaban J connectivity index is 4.07. The molecule has 0 aromatic rings. The van der Waals surface area contributed by atoms with Crippen molar-refractivity contribution < 1.29 is 20.6 Å². The lowest BCUT2D eigenvalue weighted by Gasteiger charge is -2.38. The molecular weight excluding hydrogens is 525 g/mol. The van der Waals surface area contributed by atoms with Crippen LogP contribution in [0.25, 0.3) is 0 Å². The Kier molecular flexibility index (Phi) is 20.8. The second kappa shape index (κ2) is 20.1. The Morgan fingerprint density at radius 3 is 1.47 bits per heavy atom. The summed E-state index contributed by atoms with van der Waals surface area (Å²) in [5.41, 5.74) is 0. The summed E-state index contributed by atoms with van der Waals surface area (Å²) in [4.78, 5) is 0. The first kappa shape index (κ1) is 35.1. The molecule has 11 heteroatoms. The van der Waals surface area contributed by atoms with Gasteiger partial charge in [-0.2, -0.15) is 0 Å². The standard InChI is InChI=1S/C23H60O5Si6/c1-9-10-11-12-13-14-15-16-17-18-19-20-21-22-23-31(25-30-24-29)26-33(5,6)28-34(7,8)27-32(2,3)4/h31H,9-23,30H2,1-8,29H3. The average molecular weight is 585 g/mol. The van der Waals surface area contributed by atoms with Gasteiger partial charge in [-0.1, -0.05) is 96.8 Å². The zero-order valence-electron chi connectivity index (χ0n) is 24.4. The Hall–Kier alpha value is 1.10. The third-order valence-corrected chi connectivity index (χ3v) is 21.1. The maximum absolute atomic E-state index is 6.58. The van der Waals surface area contributed by atoms with Crippen LogP contribution in [0, 0.1) is 0 Å². The fourth-order valence-corrected chi connectivity index (χ4v) is 23.9. The van der Waals surface area contributed by atoms with Crippen LogP contribution in [-0.2, 0) is 20.6 Å². The molecular formula is C23H60O5Si6. The quantitative estimate of drug-likeness (QED) is 0.0986. The molecule has 0 saturated carbocycles. The first-order chi connectivity index (χ1) is 15.9. The van der Waals surface area contributed by atoms with E-state index >= 15 is 0 Å². The van der Waals surface area contributed by atoms with E-state index < -0.39 is 44.7 Å². The van der Waals surface area contributed by atoms with Crippen molar-refractivity contribution in [3.05, 3.63) is 0 Å². The number of unbranched alkanes of at least 4 members (excludes halogenated alkanes) is 13. The summed E-state index contributed by atoms with van der Waals surface area (Å²) in [5.74, 6) is 0. The Morgan fingerprint density at radius 2 is 1.06 bits per heavy atom. The summed E-state index contributed by atoms with van der Waals surface area (Å²) in [7, 11) is -7.96. The molecule has 0 bridgehead atoms. The highest BCUT2D eigenvalue weighted by atomic mass is 28.5. The van der Waals surface area contributed by atoms with Gasteiger partial charge in [0.05, 0.1) is 0 Å². The van der Waals surface area contributed by atoms with E-state index in [-0.39, 0.29) is 0 Å². The summed E-state index contributed by atoms with van der Waals surface area (Å²) in [6, 6.07) is 1.08. The molecule has 206 valence electrons. The van der Waals surface area contributed by atoms with Crippen molar-refractivity contribution >= 4 is 55.2 Å². The zero-order valence-corrected chi connectivity index (χ0v) is 32.0. The zero-order chi connectivity index (χ0) is 25.9. The van der Waals surface area contributed by atoms with Crippen molar-refractivity contribution in [2.75, 3.05) is 0 Å². The van der Waals surface area contributed by atoms with E-state index in [1.165, 1.54) is 89.9 Å². The molecule has 5 nitrogen and oxygen atoms in total. The van der Waals surface area contributed by atoms with Crippen molar-refractivity contribution in [2.45, 2.75) is 149 Å². The van der Waals surface area contributed by atoms with Crippen LogP contribution in [-0.4, -0.2) is 55.2 Å². The fraction of sp³-hybridized carbons (Fsp3) is 1.00. The van der Waals surface area contributed by atoms with Crippen LogP contribution in [0.5, 0.6) is 0 Å². The number of hydrogen-bond donors (Lipinski definition) is 0. The molecule has 0 aliphatic rings. The van der Waals surface area contributed by atoms with E-state index in [4.69, 9.17) is 20.6 Å². The van der Waals surface area contributed by atoms with Crippen LogP contribution in [0.3, 0.4) is 0 Å². The van der Waals surface area contributed by atoms with Crippen molar-refractivity contribution in [2.24, 2.45) is 0 Å². The highest BCUT2D eigenvalue weighted by molar-refractivity contribution is 6.87. The number of hydrogen-bond acceptors (Lipinski definition) is 5. The van der Waals surface area contributed by atoms with Gasteiger partial charge >= 0.3 is 26.4 Å². The van der Waals surface area contributed by atoms with Crippen molar-refractivity contribution in [1.29, 1.82) is 0 Å². The van der Waals surface area contributed by atoms with E-state index in [1.807, 2.05) is 0 Å². The summed E-state index contributed by atoms with van der Waals surface area (Å²) in [5, 5.41) is 0. The van der Waals surface area contributed by atoms with Crippen molar-refractivity contribution in [3.63, 3.8) is 0 Å². The van der Waals surface area contributed by atoms with E-state index in [9.17, 15) is 0 Å². The van der Waals surface area contributed by atoms with Crippen molar-refractivity contribution in [1.82, 2.24) is 0 Å². The van der Waals surface area contributed by atoms with Crippen LogP contribution < -0.4 is 0 Å². The van der Waals surface area contributed by atoms with Crippen LogP contribution in [0.2, 0.25) is 51.9 Å². The molecule has 0 aliphatic heterocycles. The third kappa shape index (κ3) is 23.5. The van der Waals surface area contributed by atoms with Gasteiger partial charge in [0, 0.05) is 0 Å². The predicted octanol–water partition coefficient (Wildman–Crippen LogP) is 6.29. The van der Waals surface area contributed by atoms with Gasteiger partial charge in [-0.3, -0.25) is 0 Å². The Labute approximate surface area is 223 Å². The molecule has 0 heterocycles. The molecule has 1 atom stereocenters. The van der Waals surface area contributed by atoms with Gasteiger partial charge < -0.3 is 20.6 Å². The van der Waals surface area contributed by atoms with Crippen LogP contribution in [0.4, 0.5) is 0 Å². The largest absolute Gasteiger partial charge is 0.449 e. The molecule has 0 aliphatic carbocycles. The molecule has 0 aromatic heterocycles. The molecule has 1 unspecified atom stereocenters. The van der Waals surface area contributed by atoms with Gasteiger partial charge in [0.25, 0.3) is 10.0 Å². The minimum atomic E-state index is -2.29. The minimum absolute atomic E-state index is 0.757. The Bertz CT molecular complexity index is 477. The van der Waals surface area contributed by atoms with Gasteiger partial charge in [-0.15, -0.1) is 0 Å². The fourth-order valence-electron chi connectivity index (χ4n) is 4.52. The Morgan fingerprint density at radius 1 is 0.618 bits per heavy atom. The lowest BCUT2D eigenvalue weighted by molar-refractivity contribution is 0.305. The molecule has 0 saturated heterocycles. The van der Waals surface area contributed by atoms with Gasteiger partial charge in [0.2, 0.25) is 0 Å². The van der Waals surface area contributed by atoms with Gasteiger partial charge in [-0.25, -0.2) is 0 Å². The van der Waals surface area contributed by atoms with Crippen LogP contribution in [0.1, 0.15) is 96.8 Å². The van der Waals surface area contributed by atoms with Crippen molar-refractivity contribution in [3.8, 4) is 0 Å². The average Bonchev–Trinajstić information content (AvgIpc) is 2.69. The van der Waals surface area contributed by atoms with Gasteiger partial charge in [0.15, 0.2) is 8.32 Å². The molecule has 0 N–H and O–H groups in total. The predicted molar refractivity (Wildman–Crippen MR) is 164 cm³/mol. The van der Waals surface area contributed by atoms with E-state index in [2.05, 4.69) is 52.8 Å². The SMILES string of the molecule is CCCCCCCCCCCCCCCC[SiH](O[SiH2]O[SiH3])O[Si](C)(C)O[Si](C)(C)O[Si](C)(C)C. The summed E-state index contributed by atoms with van der Waals surface area (Å²) < 4.78 is 31.1. The van der Waals surface area contributed by atoms with Gasteiger partial charge in [-0.05, 0) is 51.9 Å². The normalized spacial score (nSPS) is 14.5. The topological polar surface area (TPSA) is 46.2 Å². The van der Waals surface area contributed by atoms with E-state index in [0.717, 1.165) is 16.5 Å². The number of rotatable bonds is 24. The van der Waals surface area contributed by atoms with Crippen LogP contribution in [0.15, 0.2) is 0 Å². The molecule has 0 spiro atoms. The molecule has 0 radical (unpaired) electrons. The first-order valence-corrected chi connectivity index (χ1v) is 26.9. The lowest BCUT2D eigenvalue weighted by atomic mass is 10.0. The summed E-state index contributed by atoms with van der Waals surface area (Å²) in [6.07, 6.45) is 19.4. The molecule has 34 heavy (non-hydrogen) atoms. The van der Waals surface area contributed by atoms with Crippen LogP contribution >= 0.6 is 0 Å². The summed E-state index contributed by atoms with van der Waals surface area (Å²) >= 11 is 0. The third-order valence-electron chi connectivity index (χ3n) is 5.62. The second-order valence-electron chi connectivity index (χ2n) is 11.6. The molecule has 0 amide bonds. The highest BCUT2D eigenvalue weighted by Crippen LogP contribution is 2.23. The maximum Gasteiger partial charge on any atom is 0.313 e. The molecule has 0 fully saturated rings. The molecule has 0 aromatic carbocycles. The summed E-state index contributed by atoms with van der Waals surface area (Å²) in [6.45, 7) is 17.6. The first-order valence-electron chi connectivity index (χ1n) is 14.1. The minimum Gasteiger partial charge on any atom is -0.449 e. The smallest absolute Gasteiger partial charge is 0.313 e.